The number of carbonyl (C=O) groups is 2. The second kappa shape index (κ2) is 14.3. The third-order valence-corrected chi connectivity index (χ3v) is 8.24. The number of aryl methyl sites for hydroxylation is 1. The molecule has 5 atom stereocenters. The summed E-state index contributed by atoms with van der Waals surface area (Å²) in [6, 6.07) is 0. The van der Waals surface area contributed by atoms with E-state index in [0.29, 0.717) is 12.1 Å². The van der Waals surface area contributed by atoms with E-state index in [2.05, 4.69) is 4.98 Å². The highest BCUT2D eigenvalue weighted by atomic mass is 32.1. The van der Waals surface area contributed by atoms with Crippen molar-refractivity contribution < 1.29 is 28.9 Å². The molecule has 0 radical (unpaired) electrons. The van der Waals surface area contributed by atoms with Crippen LogP contribution in [0.4, 0.5) is 4.39 Å². The van der Waals surface area contributed by atoms with Gasteiger partial charge in [-0.2, -0.15) is 0 Å². The molecular formula is C29H44FNO5S. The Labute approximate surface area is 225 Å². The van der Waals surface area contributed by atoms with Gasteiger partial charge in [0.1, 0.15) is 11.6 Å². The zero-order valence-electron chi connectivity index (χ0n) is 23.1. The predicted octanol–water partition coefficient (Wildman–Crippen LogP) is 6.34. The van der Waals surface area contributed by atoms with Crippen molar-refractivity contribution >= 4 is 29.2 Å². The van der Waals surface area contributed by atoms with Crippen LogP contribution in [0.5, 0.6) is 0 Å². The Kier molecular flexibility index (Phi) is 12.1. The zero-order valence-corrected chi connectivity index (χ0v) is 23.9. The van der Waals surface area contributed by atoms with Crippen LogP contribution in [0.2, 0.25) is 0 Å². The molecule has 0 amide bonds. The first-order valence-corrected chi connectivity index (χ1v) is 14.3. The van der Waals surface area contributed by atoms with Crippen molar-refractivity contribution in [3.8, 4) is 0 Å². The number of hydrogen-bond acceptors (Lipinski definition) is 7. The number of hydrogen-bond donors (Lipinski definition) is 2. The normalized spacial score (nSPS) is 30.5. The van der Waals surface area contributed by atoms with Gasteiger partial charge in [0.2, 0.25) is 0 Å². The van der Waals surface area contributed by atoms with Gasteiger partial charge in [0.05, 0.1) is 34.7 Å². The topological polar surface area (TPSA) is 96.7 Å². The van der Waals surface area contributed by atoms with Gasteiger partial charge in [-0.1, -0.05) is 52.2 Å². The van der Waals surface area contributed by atoms with Crippen LogP contribution >= 0.6 is 11.3 Å². The Hall–Kier alpha value is -1.90. The molecule has 0 aliphatic carbocycles. The lowest BCUT2D eigenvalue weighted by Crippen LogP contribution is -2.46. The molecule has 0 aromatic carbocycles. The summed E-state index contributed by atoms with van der Waals surface area (Å²) in [6.45, 7) is 11.0. The lowest BCUT2D eigenvalue weighted by Gasteiger charge is -2.36. The molecule has 1 aromatic heterocycles. The van der Waals surface area contributed by atoms with Crippen LogP contribution in [0.15, 0.2) is 22.9 Å². The molecule has 6 nitrogen and oxygen atoms in total. The van der Waals surface area contributed by atoms with E-state index in [-0.39, 0.29) is 18.1 Å². The number of aliphatic hydroxyl groups is 2. The molecule has 1 aromatic rings. The van der Waals surface area contributed by atoms with Gasteiger partial charge in [-0.3, -0.25) is 9.59 Å². The Balaban J connectivity index is 2.36. The number of unbranched alkanes of at least 4 members (excludes halogenated alkanes) is 1. The molecule has 0 fully saturated rings. The number of rotatable bonds is 5. The second-order valence-electron chi connectivity index (χ2n) is 11.0. The van der Waals surface area contributed by atoms with Crippen LogP contribution in [-0.4, -0.2) is 45.3 Å². The Morgan fingerprint density at radius 3 is 2.62 bits per heavy atom. The molecule has 0 bridgehead atoms. The maximum atomic E-state index is 15.2. The summed E-state index contributed by atoms with van der Waals surface area (Å²) >= 11 is 1.40. The number of thiazole rings is 1. The van der Waals surface area contributed by atoms with E-state index in [1.54, 1.807) is 19.2 Å². The first-order chi connectivity index (χ1) is 17.4. The summed E-state index contributed by atoms with van der Waals surface area (Å²) in [6.07, 6.45) is 4.02. The third-order valence-electron chi connectivity index (χ3n) is 7.44. The highest BCUT2D eigenvalue weighted by Crippen LogP contribution is 2.35. The van der Waals surface area contributed by atoms with Gasteiger partial charge in [0.15, 0.2) is 6.10 Å². The Morgan fingerprint density at radius 2 is 2.00 bits per heavy atom. The lowest BCUT2D eigenvalue weighted by atomic mass is 9.71. The number of carbonyl (C=O) groups excluding carboxylic acids is 2. The van der Waals surface area contributed by atoms with Crippen molar-refractivity contribution in [1.29, 1.82) is 0 Å². The van der Waals surface area contributed by atoms with E-state index < -0.39 is 47.9 Å². The fourth-order valence-corrected chi connectivity index (χ4v) is 5.29. The molecule has 0 spiro atoms. The first-order valence-electron chi connectivity index (χ1n) is 13.4. The average Bonchev–Trinajstić information content (AvgIpc) is 3.24. The molecule has 0 saturated carbocycles. The van der Waals surface area contributed by atoms with Crippen molar-refractivity contribution in [3.05, 3.63) is 33.6 Å². The molecule has 2 N–H and O–H groups in total. The van der Waals surface area contributed by atoms with Crippen molar-refractivity contribution in [2.45, 2.75) is 111 Å². The van der Waals surface area contributed by atoms with E-state index in [0.717, 1.165) is 42.7 Å². The molecule has 208 valence electrons. The highest BCUT2D eigenvalue weighted by Gasteiger charge is 2.43. The van der Waals surface area contributed by atoms with Crippen LogP contribution in [-0.2, 0) is 14.3 Å². The molecule has 0 saturated heterocycles. The Bertz CT molecular complexity index is 969. The van der Waals surface area contributed by atoms with Gasteiger partial charge in [-0.15, -0.1) is 11.3 Å². The maximum Gasteiger partial charge on any atom is 0.309 e. The number of halogens is 1. The number of esters is 1. The maximum absolute atomic E-state index is 15.2. The fourth-order valence-electron chi connectivity index (χ4n) is 4.72. The first kappa shape index (κ1) is 31.3. The molecule has 37 heavy (non-hydrogen) atoms. The number of Topliss-reactive ketones (excluding diaryl/α,β-unsaturated/α-hetero) is 1. The largest absolute Gasteiger partial charge is 0.455 e. The van der Waals surface area contributed by atoms with E-state index in [9.17, 15) is 19.8 Å². The summed E-state index contributed by atoms with van der Waals surface area (Å²) in [5, 5.41) is 24.6. The number of aliphatic hydroxyl groups excluding tert-OH is 2. The van der Waals surface area contributed by atoms with Crippen LogP contribution < -0.4 is 0 Å². The summed E-state index contributed by atoms with van der Waals surface area (Å²) < 4.78 is 20.7. The summed E-state index contributed by atoms with van der Waals surface area (Å²) in [7, 11) is 0. The average molecular weight is 538 g/mol. The molecule has 2 heterocycles. The monoisotopic (exact) mass is 537 g/mol. The molecule has 0 unspecified atom stereocenters. The van der Waals surface area contributed by atoms with Gasteiger partial charge in [-0.05, 0) is 45.4 Å². The van der Waals surface area contributed by atoms with E-state index in [4.69, 9.17) is 4.74 Å². The van der Waals surface area contributed by atoms with Crippen LogP contribution in [0.3, 0.4) is 0 Å². The standard InChI is InChI=1S/C29H44FNO5S/c1-7-8-12-22-27(34)19(3)11-9-10-18(2)13-14-24(23(30)15-21-17-37-20(4)31-21)36-26(33)16-25(32)29(5,6)28(22)35/h13,15,17,19,22,24-25,27,32,34H,7-12,14,16H2,1-6H3/b18-13-,23-15-/t19-,22+,24-,25-,27-/m0/s1. The highest BCUT2D eigenvalue weighted by molar-refractivity contribution is 7.09. The van der Waals surface area contributed by atoms with E-state index in [1.807, 2.05) is 33.8 Å². The van der Waals surface area contributed by atoms with Crippen LogP contribution in [0.1, 0.15) is 96.7 Å². The van der Waals surface area contributed by atoms with Gasteiger partial charge in [-0.25, -0.2) is 9.37 Å². The number of allylic oxidation sites excluding steroid dienone is 1. The quantitative estimate of drug-likeness (QED) is 0.336. The Morgan fingerprint density at radius 1 is 1.30 bits per heavy atom. The minimum absolute atomic E-state index is 0.0980. The summed E-state index contributed by atoms with van der Waals surface area (Å²) in [4.78, 5) is 30.7. The lowest BCUT2D eigenvalue weighted by molar-refractivity contribution is -0.155. The number of nitrogens with zero attached hydrogens (tertiary/aromatic N) is 1. The molecule has 2 rings (SSSR count). The second-order valence-corrected chi connectivity index (χ2v) is 12.1. The third kappa shape index (κ3) is 9.11. The summed E-state index contributed by atoms with van der Waals surface area (Å²) in [5.74, 6) is -2.39. The van der Waals surface area contributed by atoms with Crippen LogP contribution in [0, 0.1) is 24.2 Å². The van der Waals surface area contributed by atoms with Crippen molar-refractivity contribution in [1.82, 2.24) is 4.98 Å². The molecule has 1 aliphatic rings. The number of ketones is 1. The van der Waals surface area contributed by atoms with E-state index >= 15 is 4.39 Å². The number of ether oxygens (including phenoxy) is 1. The van der Waals surface area contributed by atoms with Crippen molar-refractivity contribution in [2.75, 3.05) is 0 Å². The van der Waals surface area contributed by atoms with Gasteiger partial charge < -0.3 is 14.9 Å². The van der Waals surface area contributed by atoms with Crippen molar-refractivity contribution in [2.24, 2.45) is 17.3 Å². The summed E-state index contributed by atoms with van der Waals surface area (Å²) in [5.41, 5.74) is 0.210. The smallest absolute Gasteiger partial charge is 0.309 e. The van der Waals surface area contributed by atoms with Gasteiger partial charge in [0, 0.05) is 23.8 Å². The minimum Gasteiger partial charge on any atom is -0.455 e. The SMILES string of the molecule is CCCC[C@H]1C(=O)C(C)(C)[C@@H](O)CC(=O)O[C@H](/C(F)=C/c2csc(C)n2)C/C=C(/C)CCC[C@H](C)[C@@H]1O. The number of aromatic nitrogens is 1. The zero-order chi connectivity index (χ0) is 27.8. The van der Waals surface area contributed by atoms with Gasteiger partial charge in [0.25, 0.3) is 0 Å². The predicted molar refractivity (Wildman–Crippen MR) is 146 cm³/mol. The van der Waals surface area contributed by atoms with Crippen LogP contribution in [0.25, 0.3) is 6.08 Å². The fraction of sp³-hybridized carbons (Fsp3) is 0.690. The molecule has 1 aliphatic heterocycles. The van der Waals surface area contributed by atoms with E-state index in [1.165, 1.54) is 17.4 Å². The minimum atomic E-state index is -1.34. The molecular weight excluding hydrogens is 493 g/mol. The molecule has 8 heteroatoms. The van der Waals surface area contributed by atoms with Crippen molar-refractivity contribution in [3.63, 3.8) is 0 Å². The number of cyclic esters (lactones) is 1. The van der Waals surface area contributed by atoms with Gasteiger partial charge >= 0.3 is 5.97 Å².